The lowest BCUT2D eigenvalue weighted by Crippen LogP contribution is -2.16. The Morgan fingerprint density at radius 3 is 2.32 bits per heavy atom. The maximum atomic E-state index is 12.7. The Morgan fingerprint density at radius 1 is 1.14 bits per heavy atom. The van der Waals surface area contributed by atoms with Crippen molar-refractivity contribution in [1.82, 2.24) is 5.32 Å². The quantitative estimate of drug-likeness (QED) is 0.851. The first kappa shape index (κ1) is 10.7. The Morgan fingerprint density at radius 2 is 1.77 bits per heavy atom. The molecule has 0 spiro atoms. The van der Waals surface area contributed by atoms with E-state index in [1.807, 2.05) is 0 Å². The minimum absolute atomic E-state index is 0.0313. The highest BCUT2D eigenvalue weighted by Crippen LogP contribution is 2.31. The van der Waals surface area contributed by atoms with Crippen molar-refractivity contribution in [2.24, 2.45) is 0 Å². The fourth-order valence-corrected chi connectivity index (χ4v) is 1.85. The van der Waals surface area contributed by atoms with Crippen molar-refractivity contribution in [3.63, 3.8) is 0 Å². The number of hydrogen-bond donors (Lipinski definition) is 1. The minimum atomic E-state index is -4.48. The zero-order valence-electron chi connectivity index (χ0n) is 16.8. The van der Waals surface area contributed by atoms with E-state index in [1.165, 1.54) is 0 Å². The Bertz CT molecular complexity index is 783. The largest absolute Gasteiger partial charge is 0.486 e. The van der Waals surface area contributed by atoms with Crippen LogP contribution in [-0.4, -0.2) is 13.6 Å². The average molecular weight is 314 g/mol. The van der Waals surface area contributed by atoms with Crippen molar-refractivity contribution >= 4 is 0 Å². The van der Waals surface area contributed by atoms with E-state index in [1.54, 1.807) is 7.05 Å². The van der Waals surface area contributed by atoms with Crippen LogP contribution in [0.15, 0.2) is 54.5 Å². The van der Waals surface area contributed by atoms with Crippen LogP contribution in [0.1, 0.15) is 30.5 Å². The summed E-state index contributed by atoms with van der Waals surface area (Å²) in [6.07, 6.45) is -5.15. The van der Waals surface area contributed by atoms with E-state index in [4.69, 9.17) is 11.6 Å². The van der Waals surface area contributed by atoms with Crippen molar-refractivity contribution in [3.05, 3.63) is 65.6 Å². The molecule has 22 heavy (non-hydrogen) atoms. The van der Waals surface area contributed by atoms with Gasteiger partial charge in [-0.2, -0.15) is 13.2 Å². The summed E-state index contributed by atoms with van der Waals surface area (Å²) in [6, 6.07) is 1.74. The van der Waals surface area contributed by atoms with Gasteiger partial charge in [0.15, 0.2) is 0 Å². The molecule has 0 unspecified atom stereocenters. The second-order valence-electron chi connectivity index (χ2n) is 4.56. The van der Waals surface area contributed by atoms with Gasteiger partial charge in [-0.3, -0.25) is 0 Å². The topological polar surface area (TPSA) is 21.3 Å². The van der Waals surface area contributed by atoms with E-state index < -0.39 is 48.1 Å². The molecule has 0 heterocycles. The zero-order chi connectivity index (χ0) is 20.4. The molecule has 0 saturated heterocycles. The van der Waals surface area contributed by atoms with Gasteiger partial charge in [-0.25, -0.2) is 0 Å². The van der Waals surface area contributed by atoms with Gasteiger partial charge in [0, 0.05) is 6.42 Å². The van der Waals surface area contributed by atoms with Crippen LogP contribution in [0.3, 0.4) is 0 Å². The molecule has 0 aliphatic rings. The lowest BCUT2D eigenvalue weighted by atomic mass is 10.1. The molecular weight excluding hydrogens is 291 g/mol. The SMILES string of the molecule is [2H]c1c([2H])c([2H])c([C@@H](CCNC)Oc2ccc(C(F)(F)F)cc2)c([2H])c1[2H]. The minimum Gasteiger partial charge on any atom is -0.486 e. The number of nitrogens with one attached hydrogen (secondary N) is 1. The molecule has 2 rings (SSSR count). The van der Waals surface area contributed by atoms with Gasteiger partial charge in [0.05, 0.1) is 12.4 Å². The normalized spacial score (nSPS) is 16.1. The Balaban J connectivity index is 2.42. The first-order chi connectivity index (χ1) is 12.6. The van der Waals surface area contributed by atoms with Crippen LogP contribution in [0.2, 0.25) is 0 Å². The van der Waals surface area contributed by atoms with Crippen molar-refractivity contribution in [1.29, 1.82) is 0 Å². The number of ether oxygens (including phenoxy) is 1. The molecule has 1 atom stereocenters. The van der Waals surface area contributed by atoms with Crippen molar-refractivity contribution in [2.45, 2.75) is 18.7 Å². The summed E-state index contributed by atoms with van der Waals surface area (Å²) in [4.78, 5) is 0. The molecule has 0 aliphatic heterocycles. The van der Waals surface area contributed by atoms with E-state index in [-0.39, 0.29) is 17.7 Å². The van der Waals surface area contributed by atoms with Gasteiger partial charge in [0.1, 0.15) is 11.9 Å². The molecule has 2 aromatic rings. The smallest absolute Gasteiger partial charge is 0.416 e. The molecule has 0 fully saturated rings. The third kappa shape index (κ3) is 4.49. The molecular formula is C17H18F3NO. The fourth-order valence-electron chi connectivity index (χ4n) is 1.85. The summed E-state index contributed by atoms with van der Waals surface area (Å²) in [6.45, 7) is 0.410. The first-order valence-electron chi connectivity index (χ1n) is 9.13. The van der Waals surface area contributed by atoms with Gasteiger partial charge in [-0.1, -0.05) is 30.2 Å². The first-order valence-corrected chi connectivity index (χ1v) is 6.63. The molecule has 0 amide bonds. The summed E-state index contributed by atoms with van der Waals surface area (Å²) in [5.41, 5.74) is -0.861. The third-order valence-corrected chi connectivity index (χ3v) is 2.96. The molecule has 2 nitrogen and oxygen atoms in total. The predicted octanol–water partition coefficient (Wildman–Crippen LogP) is 4.44. The number of benzene rings is 2. The highest BCUT2D eigenvalue weighted by Gasteiger charge is 2.30. The molecule has 118 valence electrons. The van der Waals surface area contributed by atoms with Gasteiger partial charge in [0.2, 0.25) is 0 Å². The van der Waals surface area contributed by atoms with Gasteiger partial charge in [0.25, 0.3) is 0 Å². The van der Waals surface area contributed by atoms with Crippen LogP contribution in [0, 0.1) is 0 Å². The van der Waals surface area contributed by atoms with E-state index in [0.717, 1.165) is 24.3 Å². The fraction of sp³-hybridized carbons (Fsp3) is 0.294. The zero-order valence-corrected chi connectivity index (χ0v) is 11.8. The van der Waals surface area contributed by atoms with Gasteiger partial charge >= 0.3 is 6.18 Å². The van der Waals surface area contributed by atoms with E-state index in [0.29, 0.717) is 6.54 Å². The standard InChI is InChI=1S/C17H18F3NO/c1-21-12-11-16(13-5-3-2-4-6-13)22-15-9-7-14(8-10-15)17(18,19)20/h2-10,16,21H,11-12H2,1H3/t16-/m1/s1/i2D,3D,4D,5D,6D. The average Bonchev–Trinajstić information content (AvgIpc) is 2.62. The summed E-state index contributed by atoms with van der Waals surface area (Å²) >= 11 is 0. The van der Waals surface area contributed by atoms with Gasteiger partial charge < -0.3 is 10.1 Å². The van der Waals surface area contributed by atoms with Crippen molar-refractivity contribution in [3.8, 4) is 5.75 Å². The van der Waals surface area contributed by atoms with Crippen LogP contribution in [0.25, 0.3) is 0 Å². The second kappa shape index (κ2) is 7.31. The van der Waals surface area contributed by atoms with Crippen LogP contribution < -0.4 is 10.1 Å². The van der Waals surface area contributed by atoms with Crippen LogP contribution in [0.5, 0.6) is 5.75 Å². The summed E-state index contributed by atoms with van der Waals surface area (Å²) in [5, 5.41) is 2.88. The highest BCUT2D eigenvalue weighted by molar-refractivity contribution is 5.30. The Kier molecular flexibility index (Phi) is 3.55. The lowest BCUT2D eigenvalue weighted by molar-refractivity contribution is -0.137. The second-order valence-corrected chi connectivity index (χ2v) is 4.56. The number of alkyl halides is 3. The van der Waals surface area contributed by atoms with Crippen LogP contribution >= 0.6 is 0 Å². The molecule has 5 heteroatoms. The molecule has 1 N–H and O–H groups in total. The van der Waals surface area contributed by atoms with Gasteiger partial charge in [-0.15, -0.1) is 0 Å². The number of rotatable bonds is 6. The Labute approximate surface area is 134 Å². The van der Waals surface area contributed by atoms with Gasteiger partial charge in [-0.05, 0) is 43.4 Å². The summed E-state index contributed by atoms with van der Waals surface area (Å²) in [7, 11) is 1.68. The molecule has 0 radical (unpaired) electrons. The van der Waals surface area contributed by atoms with E-state index in [2.05, 4.69) is 5.32 Å². The molecule has 0 bridgehead atoms. The predicted molar refractivity (Wildman–Crippen MR) is 79.8 cm³/mol. The van der Waals surface area contributed by atoms with E-state index >= 15 is 0 Å². The number of halogens is 3. The molecule has 0 aromatic heterocycles. The highest BCUT2D eigenvalue weighted by atomic mass is 19.4. The van der Waals surface area contributed by atoms with Crippen molar-refractivity contribution in [2.75, 3.05) is 13.6 Å². The van der Waals surface area contributed by atoms with Crippen LogP contribution in [0.4, 0.5) is 13.2 Å². The summed E-state index contributed by atoms with van der Waals surface area (Å²) in [5.74, 6) is 0.107. The third-order valence-electron chi connectivity index (χ3n) is 2.96. The molecule has 0 saturated carbocycles. The van der Waals surface area contributed by atoms with Crippen molar-refractivity contribution < 1.29 is 24.8 Å². The number of hydrogen-bond acceptors (Lipinski definition) is 2. The summed E-state index contributed by atoms with van der Waals surface area (Å²) < 4.78 is 83.1. The molecule has 0 aliphatic carbocycles. The Hall–Kier alpha value is -2.01. The van der Waals surface area contributed by atoms with Crippen LogP contribution in [-0.2, 0) is 6.18 Å². The maximum Gasteiger partial charge on any atom is 0.416 e. The molecule has 2 aromatic carbocycles. The van der Waals surface area contributed by atoms with E-state index in [9.17, 15) is 13.2 Å². The monoisotopic (exact) mass is 314 g/mol. The maximum absolute atomic E-state index is 12.7. The lowest BCUT2D eigenvalue weighted by Gasteiger charge is -2.20.